The number of carbonyl (C=O) groups is 4. The van der Waals surface area contributed by atoms with E-state index in [2.05, 4.69) is 174 Å². The number of hydrogen-bond acceptors (Lipinski definition) is 16. The summed E-state index contributed by atoms with van der Waals surface area (Å²) in [5, 5.41) is 35.9. The number of nitrogens with zero attached hydrogens (tertiary/aromatic N) is 2. The number of ketones is 2. The topological polar surface area (TPSA) is 219 Å². The molecule has 0 radical (unpaired) electrons. The molecule has 0 saturated heterocycles. The first kappa shape index (κ1) is 100. The number of ether oxygens (including phenoxy) is 4. The molecule has 2 aromatic heterocycles. The molecule has 0 amide bonds. The zero-order valence-corrected chi connectivity index (χ0v) is 81.2. The van der Waals surface area contributed by atoms with E-state index in [4.69, 9.17) is 32.2 Å². The molecule has 125 heavy (non-hydrogen) atoms. The number of carbonyl (C=O) groups excluding carboxylic acids is 4. The van der Waals surface area contributed by atoms with Crippen LogP contribution in [0.3, 0.4) is 0 Å². The Kier molecular flexibility index (Phi) is 37.2. The smallest absolute Gasteiger partial charge is 0.306 e. The quantitative estimate of drug-likeness (QED) is 0.0140. The van der Waals surface area contributed by atoms with E-state index in [0.717, 1.165) is 91.1 Å². The van der Waals surface area contributed by atoms with Crippen LogP contribution in [0.15, 0.2) is 219 Å². The van der Waals surface area contributed by atoms with Gasteiger partial charge in [0.15, 0.2) is 25.0 Å². The Morgan fingerprint density at radius 1 is 0.480 bits per heavy atom. The third-order valence-corrected chi connectivity index (χ3v) is 39.9. The Hall–Kier alpha value is -8.61. The lowest BCUT2D eigenvalue weighted by atomic mass is 9.88. The molecule has 2 aliphatic rings. The van der Waals surface area contributed by atoms with Gasteiger partial charge in [0, 0.05) is 91.3 Å². The molecule has 2 saturated carbocycles. The normalized spacial score (nSPS) is 19.5. The molecule has 4 unspecified atom stereocenters. The second kappa shape index (κ2) is 46.4. The Bertz CT molecular complexity index is 4900. The third-order valence-electron chi connectivity index (χ3n) is 26.4. The molecular formula is C106H144N2O14Si3. The fourth-order valence-corrected chi connectivity index (χ4v) is 19.8. The van der Waals surface area contributed by atoms with Gasteiger partial charge in [0.25, 0.3) is 0 Å². The first-order valence-corrected chi connectivity index (χ1v) is 54.3. The highest BCUT2D eigenvalue weighted by molar-refractivity contribution is 6.75. The largest absolute Gasteiger partial charge is 0.491 e. The van der Waals surface area contributed by atoms with Gasteiger partial charge in [0.2, 0.25) is 0 Å². The van der Waals surface area contributed by atoms with Crippen LogP contribution in [0, 0.1) is 37.5 Å². The van der Waals surface area contributed by atoms with Gasteiger partial charge in [-0.1, -0.05) is 234 Å². The maximum Gasteiger partial charge on any atom is 0.306 e. The molecule has 2 fully saturated rings. The fourth-order valence-electron chi connectivity index (χ4n) is 15.8. The number of benzene rings is 6. The van der Waals surface area contributed by atoms with E-state index in [1.165, 1.54) is 0 Å². The number of aliphatic hydroxyl groups is 3. The van der Waals surface area contributed by atoms with Gasteiger partial charge in [0.05, 0.1) is 30.5 Å². The Morgan fingerprint density at radius 2 is 0.920 bits per heavy atom. The number of hydrogen-bond donors (Lipinski definition) is 3. The monoisotopic (exact) mass is 1750 g/mol. The molecule has 3 N–H and O–H groups in total. The van der Waals surface area contributed by atoms with E-state index in [-0.39, 0.29) is 112 Å². The number of aliphatic hydroxyl groups excluding tert-OH is 3. The maximum atomic E-state index is 13.5. The van der Waals surface area contributed by atoms with Crippen molar-refractivity contribution in [2.24, 2.45) is 23.7 Å². The lowest BCUT2D eigenvalue weighted by Gasteiger charge is -2.40. The van der Waals surface area contributed by atoms with Crippen LogP contribution in [0.5, 0.6) is 11.5 Å². The predicted molar refractivity (Wildman–Crippen MR) is 514 cm³/mol. The minimum Gasteiger partial charge on any atom is -0.491 e. The van der Waals surface area contributed by atoms with Gasteiger partial charge in [0.1, 0.15) is 55.6 Å². The second-order valence-corrected chi connectivity index (χ2v) is 53.5. The van der Waals surface area contributed by atoms with Crippen molar-refractivity contribution in [2.45, 2.75) is 296 Å². The summed E-state index contributed by atoms with van der Waals surface area (Å²) >= 11 is 0. The minimum absolute atomic E-state index is 0.00242. The van der Waals surface area contributed by atoms with Crippen molar-refractivity contribution < 1.29 is 66.7 Å². The van der Waals surface area contributed by atoms with Crippen molar-refractivity contribution in [3.05, 3.63) is 263 Å². The molecule has 6 aromatic carbocycles. The van der Waals surface area contributed by atoms with E-state index in [9.17, 15) is 34.5 Å². The number of rotatable bonds is 42. The number of esters is 2. The van der Waals surface area contributed by atoms with Crippen LogP contribution in [0.25, 0.3) is 21.5 Å². The van der Waals surface area contributed by atoms with E-state index in [1.54, 1.807) is 24.5 Å². The molecule has 10 rings (SSSR count). The lowest BCUT2D eigenvalue weighted by Crippen LogP contribution is -2.45. The van der Waals surface area contributed by atoms with Crippen molar-refractivity contribution in [1.29, 1.82) is 0 Å². The number of Topliss-reactive ketones (excluding diaryl/α,β-unsaturated/α-hetero) is 2. The van der Waals surface area contributed by atoms with Crippen molar-refractivity contribution in [2.75, 3.05) is 13.2 Å². The Labute approximate surface area is 749 Å². The molecule has 674 valence electrons. The van der Waals surface area contributed by atoms with Crippen molar-refractivity contribution in [3.8, 4) is 11.5 Å². The van der Waals surface area contributed by atoms with Gasteiger partial charge >= 0.3 is 11.9 Å². The molecule has 2 aliphatic carbocycles. The molecule has 12 atom stereocenters. The van der Waals surface area contributed by atoms with E-state index < -0.39 is 43.3 Å². The summed E-state index contributed by atoms with van der Waals surface area (Å²) in [6, 6.07) is 47.7. The second-order valence-electron chi connectivity index (χ2n) is 39.3. The minimum atomic E-state index is -2.18. The summed E-state index contributed by atoms with van der Waals surface area (Å²) in [6.07, 6.45) is 29.6. The van der Waals surface area contributed by atoms with Gasteiger partial charge in [-0.05, 0) is 230 Å². The summed E-state index contributed by atoms with van der Waals surface area (Å²) in [5.41, 5.74) is 7.95. The van der Waals surface area contributed by atoms with Gasteiger partial charge < -0.3 is 47.5 Å². The van der Waals surface area contributed by atoms with Gasteiger partial charge in [-0.15, -0.1) is 0 Å². The van der Waals surface area contributed by atoms with E-state index in [1.807, 2.05) is 160 Å². The van der Waals surface area contributed by atoms with Crippen LogP contribution >= 0.6 is 0 Å². The molecule has 19 heteroatoms. The van der Waals surface area contributed by atoms with E-state index in [0.29, 0.717) is 83.0 Å². The lowest BCUT2D eigenvalue weighted by molar-refractivity contribution is -0.145. The molecule has 8 aromatic rings. The fraction of sp³-hybridized carbons (Fsp3) is 0.491. The Morgan fingerprint density at radius 3 is 1.38 bits per heavy atom. The molecule has 0 aliphatic heterocycles. The summed E-state index contributed by atoms with van der Waals surface area (Å²) in [7, 11) is -6.51. The van der Waals surface area contributed by atoms with Crippen molar-refractivity contribution in [3.63, 3.8) is 0 Å². The van der Waals surface area contributed by atoms with Crippen LogP contribution in [0.2, 0.25) is 54.4 Å². The van der Waals surface area contributed by atoms with Crippen LogP contribution in [-0.2, 0) is 68.0 Å². The average molecular weight is 1750 g/mol. The average Bonchev–Trinajstić information content (AvgIpc) is 1.63. The standard InChI is InChI=1S/C62H93NO7Si3.C44H51NO7/c1-18-53(56(64)40-47-30-33-50-42-63-37-36-49(50)39-47)48-31-28-46(29-32-48)43-67-59(65)27-22-20-19-21-26-54-55(58(70-73(16,17)62(9,10)11)41-57(54)69-72(14,15)61(6,7)8)35-34-52(68-71(12,13)60(3,4)5)44-66-51-25-23-24-45(2)38-51;1-3-38(41(47)25-32-15-18-35-27-45-22-21-34(35)24-32)33-16-13-31(14-17-33)28-52-44(50)12-7-5-4-6-11-39-40(43(49)26-42(39)48)20-19-36(46)29-51-37-10-8-9-30(2)23-37/h19,21,23-25,28-39,42,52-55,57-58H,18,20,22,26-27,40-41,43-44H2,1-17H3;4,6,8-10,13-24,27,36,38-40,42-43,46,48-49H,3,5,7,11-12,25-26,28-29H2,1-2H3/b21-19-,35-34+;6-4-,20-19+/t52-,53?,54?,55-,57+,58-;36-,38?,39?,40-,42+,43-/m11/s1. The number of aromatic nitrogens is 2. The van der Waals surface area contributed by atoms with Crippen LogP contribution in [0.1, 0.15) is 210 Å². The molecular weight excluding hydrogens is 1610 g/mol. The zero-order chi connectivity index (χ0) is 90.9. The third kappa shape index (κ3) is 30.3. The molecule has 16 nitrogen and oxygen atoms in total. The number of unbranched alkanes of at least 4 members (excludes halogenated alkanes) is 2. The van der Waals surface area contributed by atoms with Crippen molar-refractivity contribution >= 4 is 70.0 Å². The maximum absolute atomic E-state index is 13.5. The summed E-state index contributed by atoms with van der Waals surface area (Å²) in [6.45, 7) is 43.9. The first-order valence-electron chi connectivity index (χ1n) is 45.5. The first-order chi connectivity index (χ1) is 59.2. The summed E-state index contributed by atoms with van der Waals surface area (Å²) in [4.78, 5) is 60.5. The SMILES string of the molecule is CCC(C(=O)Cc1ccc2cnccc2c1)c1ccc(COC(=O)CCC/C=C\CC2[C@@H](/C=C/[C@@H](O)COc3cccc(C)c3)[C@H](O)C[C@@H]2O)cc1.CCC(C(=O)Cc1ccc2cnccc2c1)c1ccc(COC(=O)CCC/C=C\CC2[C@@H](O[Si](C)(C)C(C)(C)C)C[C@@H](O[Si](C)(C)C(C)(C)C)[C@@H]2/C=C/[C@H](COc2cccc(C)c2)O[Si](C)(C)C(C)(C)C)cc1. The number of fused-ring (bicyclic) bond motifs is 2. The van der Waals surface area contributed by atoms with Crippen LogP contribution in [-0.4, -0.2) is 124 Å². The number of pyridine rings is 2. The zero-order valence-electron chi connectivity index (χ0n) is 78.2. The summed E-state index contributed by atoms with van der Waals surface area (Å²) in [5.74, 6) is 0.869. The highest BCUT2D eigenvalue weighted by Gasteiger charge is 2.51. The number of aryl methyl sites for hydroxylation is 2. The van der Waals surface area contributed by atoms with E-state index >= 15 is 0 Å². The summed E-state index contributed by atoms with van der Waals surface area (Å²) < 4.78 is 45.4. The highest BCUT2D eigenvalue weighted by atomic mass is 28.4. The van der Waals surface area contributed by atoms with Crippen LogP contribution < -0.4 is 9.47 Å². The molecule has 0 bridgehead atoms. The van der Waals surface area contributed by atoms with Crippen LogP contribution in [0.4, 0.5) is 0 Å². The Balaban J connectivity index is 0.000000299. The van der Waals surface area contributed by atoms with Gasteiger partial charge in [-0.2, -0.15) is 0 Å². The highest BCUT2D eigenvalue weighted by Crippen LogP contribution is 2.49. The van der Waals surface area contributed by atoms with Crippen molar-refractivity contribution in [1.82, 2.24) is 9.97 Å². The molecule has 0 spiro atoms. The molecule has 2 heterocycles. The number of allylic oxidation sites excluding steroid dienone is 4. The predicted octanol–water partition coefficient (Wildman–Crippen LogP) is 23.8. The van der Waals surface area contributed by atoms with Gasteiger partial charge in [-0.3, -0.25) is 29.1 Å². The van der Waals surface area contributed by atoms with Gasteiger partial charge in [-0.25, -0.2) is 0 Å².